The Morgan fingerprint density at radius 1 is 1.37 bits per heavy atom. The molecule has 7 heteroatoms. The Kier molecular flexibility index (Phi) is 4.25. The van der Waals surface area contributed by atoms with E-state index in [-0.39, 0.29) is 5.69 Å². The van der Waals surface area contributed by atoms with Crippen LogP contribution in [0, 0.1) is 20.6 Å². The molecule has 0 aliphatic rings. The highest BCUT2D eigenvalue weighted by atomic mass is 127. The summed E-state index contributed by atoms with van der Waals surface area (Å²) in [6, 6.07) is 4.91. The Morgan fingerprint density at radius 2 is 2.16 bits per heavy atom. The van der Waals surface area contributed by atoms with E-state index in [4.69, 9.17) is 0 Å². The minimum absolute atomic E-state index is 0.112. The van der Waals surface area contributed by atoms with Gasteiger partial charge in [-0.05, 0) is 41.6 Å². The first-order chi connectivity index (χ1) is 9.06. The van der Waals surface area contributed by atoms with Crippen molar-refractivity contribution in [3.8, 4) is 0 Å². The summed E-state index contributed by atoms with van der Waals surface area (Å²) in [5, 5.41) is 13.9. The molecular formula is C12H11IN4O2. The van der Waals surface area contributed by atoms with Gasteiger partial charge in [0.2, 0.25) is 0 Å². The molecule has 1 aromatic heterocycles. The first-order valence-corrected chi connectivity index (χ1v) is 6.59. The summed E-state index contributed by atoms with van der Waals surface area (Å²) in [6.45, 7) is 2.41. The molecule has 0 bridgehead atoms. The Bertz CT molecular complexity index is 601. The second-order valence-corrected chi connectivity index (χ2v) is 5.09. The molecule has 0 atom stereocenters. The summed E-state index contributed by atoms with van der Waals surface area (Å²) in [4.78, 5) is 18.7. The quantitative estimate of drug-likeness (QED) is 0.509. The molecule has 0 unspecified atom stereocenters. The van der Waals surface area contributed by atoms with Gasteiger partial charge in [-0.15, -0.1) is 0 Å². The van der Waals surface area contributed by atoms with Crippen molar-refractivity contribution in [1.29, 1.82) is 0 Å². The van der Waals surface area contributed by atoms with Crippen molar-refractivity contribution in [3.63, 3.8) is 0 Å². The highest BCUT2D eigenvalue weighted by Crippen LogP contribution is 2.24. The number of aromatic nitrogens is 2. The van der Waals surface area contributed by atoms with Gasteiger partial charge in [0.1, 0.15) is 0 Å². The second-order valence-electron chi connectivity index (χ2n) is 3.93. The van der Waals surface area contributed by atoms with E-state index in [1.165, 1.54) is 6.07 Å². The van der Waals surface area contributed by atoms with Gasteiger partial charge >= 0.3 is 0 Å². The standard InChI is InChI=1S/C12H11IN4O2/c1-8-5-15-10(6-14-8)7-16-9-2-3-12(17(18)19)11(13)4-9/h2-6,16H,7H2,1H3. The Labute approximate surface area is 123 Å². The minimum Gasteiger partial charge on any atom is -0.379 e. The number of nitrogens with zero attached hydrogens (tertiary/aromatic N) is 3. The Balaban J connectivity index is 2.06. The molecule has 1 N–H and O–H groups in total. The van der Waals surface area contributed by atoms with Crippen molar-refractivity contribution in [3.05, 3.63) is 55.7 Å². The number of nitrogens with one attached hydrogen (secondary N) is 1. The summed E-state index contributed by atoms with van der Waals surface area (Å²) in [5.74, 6) is 0. The van der Waals surface area contributed by atoms with Crippen LogP contribution in [0.25, 0.3) is 0 Å². The Morgan fingerprint density at radius 3 is 2.74 bits per heavy atom. The third-order valence-electron chi connectivity index (χ3n) is 2.45. The fourth-order valence-electron chi connectivity index (χ4n) is 1.47. The van der Waals surface area contributed by atoms with Crippen LogP contribution >= 0.6 is 22.6 Å². The number of halogens is 1. The average molecular weight is 370 g/mol. The van der Waals surface area contributed by atoms with Gasteiger partial charge in [0.25, 0.3) is 5.69 Å². The van der Waals surface area contributed by atoms with Gasteiger partial charge in [0.05, 0.1) is 32.6 Å². The van der Waals surface area contributed by atoms with Crippen LogP contribution in [0.2, 0.25) is 0 Å². The number of rotatable bonds is 4. The molecule has 2 aromatic rings. The zero-order valence-corrected chi connectivity index (χ0v) is 12.3. The van der Waals surface area contributed by atoms with Crippen LogP contribution in [0.1, 0.15) is 11.4 Å². The second kappa shape index (κ2) is 5.91. The van der Waals surface area contributed by atoms with Crippen molar-refractivity contribution in [2.45, 2.75) is 13.5 Å². The van der Waals surface area contributed by atoms with E-state index >= 15 is 0 Å². The van der Waals surface area contributed by atoms with E-state index in [2.05, 4.69) is 15.3 Å². The summed E-state index contributed by atoms with van der Waals surface area (Å²) >= 11 is 1.95. The van der Waals surface area contributed by atoms with E-state index in [1.807, 2.05) is 29.5 Å². The molecule has 0 fully saturated rings. The zero-order valence-electron chi connectivity index (χ0n) is 10.1. The van der Waals surface area contributed by atoms with E-state index in [9.17, 15) is 10.1 Å². The van der Waals surface area contributed by atoms with Gasteiger partial charge in [0, 0.05) is 18.0 Å². The molecule has 98 valence electrons. The topological polar surface area (TPSA) is 81.0 Å². The lowest BCUT2D eigenvalue weighted by atomic mass is 10.3. The fourth-order valence-corrected chi connectivity index (χ4v) is 2.18. The largest absolute Gasteiger partial charge is 0.379 e. The van der Waals surface area contributed by atoms with Gasteiger partial charge in [-0.3, -0.25) is 20.1 Å². The van der Waals surface area contributed by atoms with Crippen LogP contribution in [-0.2, 0) is 6.54 Å². The van der Waals surface area contributed by atoms with E-state index in [0.29, 0.717) is 10.1 Å². The molecule has 6 nitrogen and oxygen atoms in total. The van der Waals surface area contributed by atoms with Crippen molar-refractivity contribution in [2.24, 2.45) is 0 Å². The molecule has 1 heterocycles. The molecule has 2 rings (SSSR count). The first-order valence-electron chi connectivity index (χ1n) is 5.51. The first kappa shape index (κ1) is 13.7. The number of nitro groups is 1. The molecule has 1 aromatic carbocycles. The Hall–Kier alpha value is -1.77. The highest BCUT2D eigenvalue weighted by Gasteiger charge is 2.11. The van der Waals surface area contributed by atoms with Gasteiger partial charge in [-0.2, -0.15) is 0 Å². The third kappa shape index (κ3) is 3.60. The van der Waals surface area contributed by atoms with Crippen LogP contribution in [0.15, 0.2) is 30.6 Å². The lowest BCUT2D eigenvalue weighted by molar-refractivity contribution is -0.385. The maximum Gasteiger partial charge on any atom is 0.282 e. The molecule has 0 radical (unpaired) electrons. The number of aryl methyl sites for hydroxylation is 1. The molecular weight excluding hydrogens is 359 g/mol. The summed E-state index contributed by atoms with van der Waals surface area (Å²) in [5.41, 5.74) is 2.62. The molecule has 0 saturated carbocycles. The molecule has 0 amide bonds. The smallest absolute Gasteiger partial charge is 0.282 e. The van der Waals surface area contributed by atoms with E-state index in [1.54, 1.807) is 24.5 Å². The third-order valence-corrected chi connectivity index (χ3v) is 3.32. The number of benzene rings is 1. The number of hydrogen-bond donors (Lipinski definition) is 1. The summed E-state index contributed by atoms with van der Waals surface area (Å²) < 4.78 is 0.600. The highest BCUT2D eigenvalue weighted by molar-refractivity contribution is 14.1. The van der Waals surface area contributed by atoms with Gasteiger partial charge < -0.3 is 5.32 Å². The van der Waals surface area contributed by atoms with Crippen LogP contribution in [0.4, 0.5) is 11.4 Å². The van der Waals surface area contributed by atoms with Gasteiger partial charge in [-0.1, -0.05) is 0 Å². The predicted octanol–water partition coefficient (Wildman–Crippen LogP) is 2.91. The predicted molar refractivity (Wildman–Crippen MR) is 79.9 cm³/mol. The molecule has 19 heavy (non-hydrogen) atoms. The van der Waals surface area contributed by atoms with Gasteiger partial charge in [0.15, 0.2) is 0 Å². The number of hydrogen-bond acceptors (Lipinski definition) is 5. The van der Waals surface area contributed by atoms with Crippen LogP contribution in [0.5, 0.6) is 0 Å². The normalized spacial score (nSPS) is 10.2. The maximum atomic E-state index is 10.7. The van der Waals surface area contributed by atoms with Gasteiger partial charge in [-0.25, -0.2) is 0 Å². The number of anilines is 1. The molecule has 0 saturated heterocycles. The molecule has 0 spiro atoms. The van der Waals surface area contributed by atoms with Crippen molar-refractivity contribution in [2.75, 3.05) is 5.32 Å². The van der Waals surface area contributed by atoms with Crippen molar-refractivity contribution >= 4 is 34.0 Å². The molecule has 0 aliphatic carbocycles. The average Bonchev–Trinajstić information content (AvgIpc) is 2.37. The SMILES string of the molecule is Cc1cnc(CNc2ccc([N+](=O)[O-])c(I)c2)cn1. The lowest BCUT2D eigenvalue weighted by Gasteiger charge is -2.06. The maximum absolute atomic E-state index is 10.7. The van der Waals surface area contributed by atoms with Crippen LogP contribution in [-0.4, -0.2) is 14.9 Å². The molecule has 0 aliphatic heterocycles. The van der Waals surface area contributed by atoms with Crippen molar-refractivity contribution < 1.29 is 4.92 Å². The number of nitro benzene ring substituents is 1. The zero-order chi connectivity index (χ0) is 13.8. The summed E-state index contributed by atoms with van der Waals surface area (Å²) in [7, 11) is 0. The lowest BCUT2D eigenvalue weighted by Crippen LogP contribution is -2.03. The minimum atomic E-state index is -0.392. The summed E-state index contributed by atoms with van der Waals surface area (Å²) in [6.07, 6.45) is 3.41. The van der Waals surface area contributed by atoms with E-state index < -0.39 is 4.92 Å². The van der Waals surface area contributed by atoms with E-state index in [0.717, 1.165) is 17.1 Å². The van der Waals surface area contributed by atoms with Crippen LogP contribution < -0.4 is 5.32 Å². The van der Waals surface area contributed by atoms with Crippen LogP contribution in [0.3, 0.4) is 0 Å². The monoisotopic (exact) mass is 370 g/mol. The fraction of sp³-hybridized carbons (Fsp3) is 0.167. The van der Waals surface area contributed by atoms with Crippen molar-refractivity contribution in [1.82, 2.24) is 9.97 Å².